The van der Waals surface area contributed by atoms with Gasteiger partial charge in [-0.2, -0.15) is 0 Å². The standard InChI is InChI=1S/C16H26F2N2/c1-2-3-4-5-6-7-8-16(20-19)11-13-9-14(17)12-15(18)10-13/h9-10,12,16,20H,2-8,11,19H2,1H3. The van der Waals surface area contributed by atoms with E-state index in [0.29, 0.717) is 12.0 Å². The van der Waals surface area contributed by atoms with Crippen LogP contribution in [0.5, 0.6) is 0 Å². The number of hydrazine groups is 1. The van der Waals surface area contributed by atoms with Crippen LogP contribution in [0.3, 0.4) is 0 Å². The van der Waals surface area contributed by atoms with Gasteiger partial charge in [0.1, 0.15) is 11.6 Å². The fourth-order valence-corrected chi connectivity index (χ4v) is 2.43. The van der Waals surface area contributed by atoms with Crippen LogP contribution < -0.4 is 11.3 Å². The average molecular weight is 284 g/mol. The van der Waals surface area contributed by atoms with Crippen molar-refractivity contribution in [3.05, 3.63) is 35.4 Å². The molecule has 0 aliphatic heterocycles. The van der Waals surface area contributed by atoms with Gasteiger partial charge < -0.3 is 0 Å². The number of nitrogens with one attached hydrogen (secondary N) is 1. The minimum Gasteiger partial charge on any atom is -0.271 e. The molecule has 3 N–H and O–H groups in total. The molecule has 0 aliphatic carbocycles. The van der Waals surface area contributed by atoms with Crippen molar-refractivity contribution in [3.8, 4) is 0 Å². The van der Waals surface area contributed by atoms with Crippen LogP contribution in [0.25, 0.3) is 0 Å². The van der Waals surface area contributed by atoms with Gasteiger partial charge in [0, 0.05) is 12.1 Å². The zero-order valence-electron chi connectivity index (χ0n) is 12.3. The number of nitrogens with two attached hydrogens (primary N) is 1. The molecule has 0 saturated carbocycles. The lowest BCUT2D eigenvalue weighted by molar-refractivity contribution is 0.457. The summed E-state index contributed by atoms with van der Waals surface area (Å²) in [6, 6.07) is 3.70. The lowest BCUT2D eigenvalue weighted by Gasteiger charge is -2.16. The Balaban J connectivity index is 2.31. The second-order valence-corrected chi connectivity index (χ2v) is 5.40. The molecule has 1 aromatic rings. The fourth-order valence-electron chi connectivity index (χ4n) is 2.43. The van der Waals surface area contributed by atoms with Crippen molar-refractivity contribution in [2.24, 2.45) is 5.84 Å². The van der Waals surface area contributed by atoms with E-state index in [1.807, 2.05) is 0 Å². The maximum atomic E-state index is 13.1. The summed E-state index contributed by atoms with van der Waals surface area (Å²) in [6.07, 6.45) is 8.85. The van der Waals surface area contributed by atoms with Crippen molar-refractivity contribution >= 4 is 0 Å². The highest BCUT2D eigenvalue weighted by Gasteiger charge is 2.09. The Kier molecular flexibility index (Phi) is 8.38. The summed E-state index contributed by atoms with van der Waals surface area (Å²) < 4.78 is 26.2. The minimum absolute atomic E-state index is 0.0716. The molecule has 0 bridgehead atoms. The number of benzene rings is 1. The number of hydrogen-bond acceptors (Lipinski definition) is 2. The van der Waals surface area contributed by atoms with Crippen molar-refractivity contribution < 1.29 is 8.78 Å². The Hall–Kier alpha value is -1.00. The van der Waals surface area contributed by atoms with Crippen LogP contribution in [0.2, 0.25) is 0 Å². The molecule has 1 unspecified atom stereocenters. The lowest BCUT2D eigenvalue weighted by Crippen LogP contribution is -2.36. The molecule has 0 aromatic heterocycles. The van der Waals surface area contributed by atoms with Gasteiger partial charge >= 0.3 is 0 Å². The molecule has 0 radical (unpaired) electrons. The van der Waals surface area contributed by atoms with Crippen LogP contribution in [-0.4, -0.2) is 6.04 Å². The van der Waals surface area contributed by atoms with Gasteiger partial charge in [-0.3, -0.25) is 11.3 Å². The molecular formula is C16H26F2N2. The van der Waals surface area contributed by atoms with Gasteiger partial charge in [0.25, 0.3) is 0 Å². The molecule has 0 heterocycles. The van der Waals surface area contributed by atoms with E-state index in [2.05, 4.69) is 12.3 Å². The van der Waals surface area contributed by atoms with E-state index >= 15 is 0 Å². The SMILES string of the molecule is CCCCCCCCC(Cc1cc(F)cc(F)c1)NN. The Morgan fingerprint density at radius 2 is 1.60 bits per heavy atom. The van der Waals surface area contributed by atoms with E-state index in [-0.39, 0.29) is 6.04 Å². The van der Waals surface area contributed by atoms with Crippen LogP contribution in [0, 0.1) is 11.6 Å². The predicted octanol–water partition coefficient (Wildman–Crippen LogP) is 4.09. The van der Waals surface area contributed by atoms with Crippen LogP contribution >= 0.6 is 0 Å². The van der Waals surface area contributed by atoms with Crippen LogP contribution in [0.4, 0.5) is 8.78 Å². The highest BCUT2D eigenvalue weighted by Crippen LogP contribution is 2.14. The van der Waals surface area contributed by atoms with Crippen molar-refractivity contribution in [1.29, 1.82) is 0 Å². The third-order valence-electron chi connectivity index (χ3n) is 3.55. The third kappa shape index (κ3) is 6.96. The predicted molar refractivity (Wildman–Crippen MR) is 79.2 cm³/mol. The first-order valence-electron chi connectivity index (χ1n) is 7.56. The second kappa shape index (κ2) is 9.83. The second-order valence-electron chi connectivity index (χ2n) is 5.40. The highest BCUT2D eigenvalue weighted by molar-refractivity contribution is 5.18. The number of unbranched alkanes of at least 4 members (excludes halogenated alkanes) is 5. The van der Waals surface area contributed by atoms with Crippen molar-refractivity contribution in [3.63, 3.8) is 0 Å². The summed E-state index contributed by atoms with van der Waals surface area (Å²) in [4.78, 5) is 0. The summed E-state index contributed by atoms with van der Waals surface area (Å²) in [6.45, 7) is 2.20. The molecule has 0 saturated heterocycles. The van der Waals surface area contributed by atoms with Gasteiger partial charge in [-0.1, -0.05) is 45.4 Å². The first-order valence-corrected chi connectivity index (χ1v) is 7.56. The summed E-state index contributed by atoms with van der Waals surface area (Å²) >= 11 is 0. The number of hydrogen-bond donors (Lipinski definition) is 2. The summed E-state index contributed by atoms with van der Waals surface area (Å²) in [7, 11) is 0. The average Bonchev–Trinajstić information content (AvgIpc) is 2.40. The smallest absolute Gasteiger partial charge is 0.126 e. The lowest BCUT2D eigenvalue weighted by atomic mass is 10.00. The Bertz CT molecular complexity index is 362. The number of halogens is 2. The van der Waals surface area contributed by atoms with Crippen molar-refractivity contribution in [2.45, 2.75) is 64.3 Å². The van der Waals surface area contributed by atoms with E-state index in [0.717, 1.165) is 18.9 Å². The molecule has 1 rings (SSSR count). The monoisotopic (exact) mass is 284 g/mol. The van der Waals surface area contributed by atoms with Gasteiger partial charge in [0.2, 0.25) is 0 Å². The molecule has 1 atom stereocenters. The molecule has 2 nitrogen and oxygen atoms in total. The first-order chi connectivity index (χ1) is 9.65. The maximum Gasteiger partial charge on any atom is 0.126 e. The van der Waals surface area contributed by atoms with Crippen LogP contribution in [-0.2, 0) is 6.42 Å². The largest absolute Gasteiger partial charge is 0.271 e. The zero-order chi connectivity index (χ0) is 14.8. The summed E-state index contributed by atoms with van der Waals surface area (Å²) in [5.74, 6) is 4.46. The molecule has 20 heavy (non-hydrogen) atoms. The van der Waals surface area contributed by atoms with Gasteiger partial charge in [-0.15, -0.1) is 0 Å². The molecule has 4 heteroatoms. The van der Waals surface area contributed by atoms with Crippen molar-refractivity contribution in [1.82, 2.24) is 5.43 Å². The minimum atomic E-state index is -0.532. The molecular weight excluding hydrogens is 258 g/mol. The molecule has 0 fully saturated rings. The Morgan fingerprint density at radius 3 is 2.20 bits per heavy atom. The van der Waals surface area contributed by atoms with Gasteiger partial charge in [0.15, 0.2) is 0 Å². The topological polar surface area (TPSA) is 38.0 Å². The first kappa shape index (κ1) is 17.1. The molecule has 1 aromatic carbocycles. The number of rotatable bonds is 10. The van der Waals surface area contributed by atoms with Crippen LogP contribution in [0.15, 0.2) is 18.2 Å². The van der Waals surface area contributed by atoms with Gasteiger partial charge in [0.05, 0.1) is 0 Å². The Morgan fingerprint density at radius 1 is 1.00 bits per heavy atom. The summed E-state index contributed by atoms with van der Waals surface area (Å²) in [5.41, 5.74) is 3.40. The van der Waals surface area contributed by atoms with Crippen molar-refractivity contribution in [2.75, 3.05) is 0 Å². The maximum absolute atomic E-state index is 13.1. The highest BCUT2D eigenvalue weighted by atomic mass is 19.1. The molecule has 0 aliphatic rings. The van der Waals surface area contributed by atoms with E-state index in [9.17, 15) is 8.78 Å². The van der Waals surface area contributed by atoms with Gasteiger partial charge in [-0.25, -0.2) is 8.78 Å². The molecule has 0 amide bonds. The van der Waals surface area contributed by atoms with E-state index < -0.39 is 11.6 Å². The third-order valence-corrected chi connectivity index (χ3v) is 3.55. The van der Waals surface area contributed by atoms with Crippen LogP contribution in [0.1, 0.15) is 57.4 Å². The van der Waals surface area contributed by atoms with E-state index in [1.165, 1.54) is 44.2 Å². The Labute approximate surface area is 120 Å². The molecule has 0 spiro atoms. The van der Waals surface area contributed by atoms with E-state index in [4.69, 9.17) is 5.84 Å². The fraction of sp³-hybridized carbons (Fsp3) is 0.625. The zero-order valence-corrected chi connectivity index (χ0v) is 12.3. The molecule has 114 valence electrons. The quantitative estimate of drug-likeness (QED) is 0.386. The van der Waals surface area contributed by atoms with Gasteiger partial charge in [-0.05, 0) is 30.5 Å². The van der Waals surface area contributed by atoms with E-state index in [1.54, 1.807) is 0 Å². The summed E-state index contributed by atoms with van der Waals surface area (Å²) in [5, 5.41) is 0. The normalized spacial score (nSPS) is 12.6.